The molecule has 0 aliphatic rings. The Bertz CT molecular complexity index is 512. The lowest BCUT2D eigenvalue weighted by Crippen LogP contribution is -2.28. The second-order valence-electron chi connectivity index (χ2n) is 3.50. The lowest BCUT2D eigenvalue weighted by molar-refractivity contribution is 0.0936. The first-order valence-corrected chi connectivity index (χ1v) is 5.97. The minimum Gasteiger partial charge on any atom is -0.382 e. The van der Waals surface area contributed by atoms with Crippen LogP contribution in [0.15, 0.2) is 29.9 Å². The van der Waals surface area contributed by atoms with Crippen LogP contribution in [0.4, 0.5) is 5.82 Å². The molecular formula is C11H12N4OS. The van der Waals surface area contributed by atoms with E-state index in [0.717, 1.165) is 4.88 Å². The van der Waals surface area contributed by atoms with E-state index in [0.29, 0.717) is 0 Å². The molecule has 88 valence electrons. The molecule has 0 aromatic carbocycles. The number of carbonyl (C=O) groups is 1. The predicted molar refractivity (Wildman–Crippen MR) is 66.6 cm³/mol. The predicted octanol–water partition coefficient (Wildman–Crippen LogP) is 1.61. The van der Waals surface area contributed by atoms with E-state index in [-0.39, 0.29) is 23.5 Å². The van der Waals surface area contributed by atoms with Crippen molar-refractivity contribution in [3.8, 4) is 0 Å². The monoisotopic (exact) mass is 248 g/mol. The summed E-state index contributed by atoms with van der Waals surface area (Å²) in [5.41, 5.74) is 5.75. The Balaban J connectivity index is 2.10. The van der Waals surface area contributed by atoms with E-state index in [1.807, 2.05) is 24.4 Å². The normalized spacial score (nSPS) is 12.1. The summed E-state index contributed by atoms with van der Waals surface area (Å²) < 4.78 is 0. The maximum absolute atomic E-state index is 11.9. The molecular weight excluding hydrogens is 236 g/mol. The zero-order chi connectivity index (χ0) is 12.3. The SMILES string of the molecule is C[C@@H](NC(=O)c1nccnc1N)c1cccs1. The van der Waals surface area contributed by atoms with E-state index < -0.39 is 0 Å². The van der Waals surface area contributed by atoms with Crippen LogP contribution < -0.4 is 11.1 Å². The highest BCUT2D eigenvalue weighted by molar-refractivity contribution is 7.10. The highest BCUT2D eigenvalue weighted by atomic mass is 32.1. The molecule has 2 aromatic heterocycles. The molecule has 0 saturated heterocycles. The van der Waals surface area contributed by atoms with Crippen LogP contribution >= 0.6 is 11.3 Å². The van der Waals surface area contributed by atoms with Gasteiger partial charge in [0.2, 0.25) is 0 Å². The Kier molecular flexibility index (Phi) is 3.34. The van der Waals surface area contributed by atoms with Gasteiger partial charge in [-0.1, -0.05) is 6.07 Å². The maximum atomic E-state index is 11.9. The number of carbonyl (C=O) groups excluding carboxylic acids is 1. The van der Waals surface area contributed by atoms with Gasteiger partial charge in [-0.3, -0.25) is 4.79 Å². The standard InChI is InChI=1S/C11H12N4OS/c1-7(8-3-2-6-17-8)15-11(16)9-10(12)14-5-4-13-9/h2-7H,1H3,(H2,12,14)(H,15,16)/t7-/m1/s1. The summed E-state index contributed by atoms with van der Waals surface area (Å²) in [4.78, 5) is 20.7. The Hall–Kier alpha value is -1.95. The van der Waals surface area contributed by atoms with Gasteiger partial charge in [0.1, 0.15) is 0 Å². The van der Waals surface area contributed by atoms with Crippen LogP contribution in [0, 0.1) is 0 Å². The van der Waals surface area contributed by atoms with Gasteiger partial charge in [0.05, 0.1) is 6.04 Å². The van der Waals surface area contributed by atoms with Gasteiger partial charge in [-0.25, -0.2) is 9.97 Å². The van der Waals surface area contributed by atoms with Gasteiger partial charge < -0.3 is 11.1 Å². The molecule has 0 unspecified atom stereocenters. The molecule has 0 aliphatic carbocycles. The lowest BCUT2D eigenvalue weighted by Gasteiger charge is -2.12. The average molecular weight is 248 g/mol. The van der Waals surface area contributed by atoms with Crippen LogP contribution in [0.3, 0.4) is 0 Å². The molecule has 1 atom stereocenters. The molecule has 0 saturated carbocycles. The molecule has 0 bridgehead atoms. The molecule has 0 spiro atoms. The third-order valence-electron chi connectivity index (χ3n) is 2.26. The van der Waals surface area contributed by atoms with E-state index in [4.69, 9.17) is 5.73 Å². The van der Waals surface area contributed by atoms with Crippen molar-refractivity contribution in [1.82, 2.24) is 15.3 Å². The first-order chi connectivity index (χ1) is 8.18. The first kappa shape index (κ1) is 11.5. The Morgan fingerprint density at radius 3 is 2.88 bits per heavy atom. The number of rotatable bonds is 3. The number of aromatic nitrogens is 2. The number of nitrogens with zero attached hydrogens (tertiary/aromatic N) is 2. The summed E-state index contributed by atoms with van der Waals surface area (Å²) in [6.07, 6.45) is 2.90. The van der Waals surface area contributed by atoms with Crippen molar-refractivity contribution in [2.45, 2.75) is 13.0 Å². The van der Waals surface area contributed by atoms with E-state index in [1.165, 1.54) is 12.4 Å². The molecule has 3 N–H and O–H groups in total. The second-order valence-corrected chi connectivity index (χ2v) is 4.48. The summed E-state index contributed by atoms with van der Waals surface area (Å²) in [6.45, 7) is 1.91. The molecule has 0 fully saturated rings. The topological polar surface area (TPSA) is 80.9 Å². The molecule has 2 heterocycles. The van der Waals surface area contributed by atoms with Crippen LogP contribution in [0.25, 0.3) is 0 Å². The van der Waals surface area contributed by atoms with E-state index >= 15 is 0 Å². The Labute approximate surface area is 103 Å². The summed E-state index contributed by atoms with van der Waals surface area (Å²) >= 11 is 1.59. The number of hydrogen-bond donors (Lipinski definition) is 2. The number of nitrogens with one attached hydrogen (secondary N) is 1. The number of nitrogens with two attached hydrogens (primary N) is 1. The number of hydrogen-bond acceptors (Lipinski definition) is 5. The van der Waals surface area contributed by atoms with Crippen LogP contribution in [0.2, 0.25) is 0 Å². The van der Waals surface area contributed by atoms with Gasteiger partial charge in [0.25, 0.3) is 5.91 Å². The number of nitrogen functional groups attached to an aromatic ring is 1. The molecule has 6 heteroatoms. The van der Waals surface area contributed by atoms with Gasteiger partial charge in [-0.05, 0) is 18.4 Å². The molecule has 0 aliphatic heterocycles. The van der Waals surface area contributed by atoms with Crippen LogP contribution in [-0.4, -0.2) is 15.9 Å². The fourth-order valence-electron chi connectivity index (χ4n) is 1.40. The van der Waals surface area contributed by atoms with Crippen molar-refractivity contribution in [2.24, 2.45) is 0 Å². The Morgan fingerprint density at radius 1 is 1.47 bits per heavy atom. The van der Waals surface area contributed by atoms with E-state index in [2.05, 4.69) is 15.3 Å². The van der Waals surface area contributed by atoms with Gasteiger partial charge in [0, 0.05) is 17.3 Å². The summed E-state index contributed by atoms with van der Waals surface area (Å²) in [7, 11) is 0. The summed E-state index contributed by atoms with van der Waals surface area (Å²) in [6, 6.07) is 3.85. The maximum Gasteiger partial charge on any atom is 0.274 e. The minimum absolute atomic E-state index is 0.0658. The Morgan fingerprint density at radius 2 is 2.24 bits per heavy atom. The van der Waals surface area contributed by atoms with E-state index in [1.54, 1.807) is 11.3 Å². The van der Waals surface area contributed by atoms with Gasteiger partial charge in [-0.15, -0.1) is 11.3 Å². The third-order valence-corrected chi connectivity index (χ3v) is 3.31. The number of thiophene rings is 1. The smallest absolute Gasteiger partial charge is 0.274 e. The van der Waals surface area contributed by atoms with Crippen molar-refractivity contribution in [2.75, 3.05) is 5.73 Å². The van der Waals surface area contributed by atoms with Gasteiger partial charge >= 0.3 is 0 Å². The zero-order valence-electron chi connectivity index (χ0n) is 9.25. The quantitative estimate of drug-likeness (QED) is 0.864. The zero-order valence-corrected chi connectivity index (χ0v) is 10.1. The molecule has 17 heavy (non-hydrogen) atoms. The van der Waals surface area contributed by atoms with E-state index in [9.17, 15) is 4.79 Å². The molecule has 2 rings (SSSR count). The van der Waals surface area contributed by atoms with Gasteiger partial charge in [-0.2, -0.15) is 0 Å². The van der Waals surface area contributed by atoms with Crippen molar-refractivity contribution >= 4 is 23.1 Å². The summed E-state index contributed by atoms with van der Waals surface area (Å²) in [5.74, 6) is -0.167. The highest BCUT2D eigenvalue weighted by Crippen LogP contribution is 2.18. The summed E-state index contributed by atoms with van der Waals surface area (Å²) in [5, 5.41) is 4.80. The van der Waals surface area contributed by atoms with Crippen molar-refractivity contribution < 1.29 is 4.79 Å². The minimum atomic E-state index is -0.309. The van der Waals surface area contributed by atoms with Crippen molar-refractivity contribution in [1.29, 1.82) is 0 Å². The molecule has 0 radical (unpaired) electrons. The average Bonchev–Trinajstić information content (AvgIpc) is 2.82. The van der Waals surface area contributed by atoms with Crippen molar-refractivity contribution in [3.05, 3.63) is 40.5 Å². The second kappa shape index (κ2) is 4.92. The number of anilines is 1. The van der Waals surface area contributed by atoms with Crippen LogP contribution in [-0.2, 0) is 0 Å². The van der Waals surface area contributed by atoms with Crippen molar-refractivity contribution in [3.63, 3.8) is 0 Å². The fourth-order valence-corrected chi connectivity index (χ4v) is 2.13. The third kappa shape index (κ3) is 2.59. The van der Waals surface area contributed by atoms with Crippen LogP contribution in [0.1, 0.15) is 28.3 Å². The first-order valence-electron chi connectivity index (χ1n) is 5.09. The highest BCUT2D eigenvalue weighted by Gasteiger charge is 2.15. The molecule has 5 nitrogen and oxygen atoms in total. The lowest BCUT2D eigenvalue weighted by atomic mass is 10.2. The molecule has 2 aromatic rings. The fraction of sp³-hybridized carbons (Fsp3) is 0.182. The van der Waals surface area contributed by atoms with Gasteiger partial charge in [0.15, 0.2) is 11.5 Å². The number of amides is 1. The largest absolute Gasteiger partial charge is 0.382 e. The van der Waals surface area contributed by atoms with Crippen LogP contribution in [0.5, 0.6) is 0 Å². The molecule has 1 amide bonds.